The van der Waals surface area contributed by atoms with Crippen molar-refractivity contribution in [3.05, 3.63) is 99.3 Å². The lowest BCUT2D eigenvalue weighted by Gasteiger charge is -2.34. The van der Waals surface area contributed by atoms with Crippen LogP contribution in [0.4, 0.5) is 13.6 Å². The highest BCUT2D eigenvalue weighted by atomic mass is 32.1. The van der Waals surface area contributed by atoms with Gasteiger partial charge in [0.15, 0.2) is 0 Å². The number of amides is 1. The number of thiophene rings is 1. The summed E-state index contributed by atoms with van der Waals surface area (Å²) in [6, 6.07) is 17.2. The molecule has 1 amide bonds. The minimum Gasteiger partial charge on any atom is -0.465 e. The first-order chi connectivity index (χ1) is 16.5. The first-order valence-electron chi connectivity index (χ1n) is 10.7. The van der Waals surface area contributed by atoms with Crippen molar-refractivity contribution >= 4 is 29.0 Å². The van der Waals surface area contributed by atoms with Crippen molar-refractivity contribution in [1.82, 2.24) is 4.90 Å². The maximum Gasteiger partial charge on any atom is 0.410 e. The third kappa shape index (κ3) is 5.34. The fraction of sp³-hybridized carbons (Fsp3) is 0.231. The summed E-state index contributed by atoms with van der Waals surface area (Å²) in [5.74, 6) is -0.455. The van der Waals surface area contributed by atoms with Gasteiger partial charge >= 0.3 is 12.1 Å². The minimum absolute atomic E-state index is 0.0135. The molecule has 4 rings (SSSR count). The molecule has 1 aliphatic rings. The number of ether oxygens (including phenoxy) is 2. The number of hydrogen-bond acceptors (Lipinski definition) is 5. The Kier molecular flexibility index (Phi) is 7.37. The summed E-state index contributed by atoms with van der Waals surface area (Å²) in [6.07, 6.45) is -0.581. The Morgan fingerprint density at radius 3 is 2.50 bits per heavy atom. The molecule has 0 unspecified atom stereocenters. The summed E-state index contributed by atoms with van der Waals surface area (Å²) in [4.78, 5) is 26.5. The molecule has 1 atom stereocenters. The molecule has 34 heavy (non-hydrogen) atoms. The van der Waals surface area contributed by atoms with E-state index in [0.29, 0.717) is 18.5 Å². The Morgan fingerprint density at radius 2 is 1.85 bits per heavy atom. The second-order valence-electron chi connectivity index (χ2n) is 7.77. The Hall–Kier alpha value is -3.52. The molecule has 176 valence electrons. The van der Waals surface area contributed by atoms with Gasteiger partial charge in [0.1, 0.15) is 6.61 Å². The van der Waals surface area contributed by atoms with E-state index in [-0.39, 0.29) is 11.5 Å². The summed E-state index contributed by atoms with van der Waals surface area (Å²) in [5.41, 5.74) is 3.65. The summed E-state index contributed by atoms with van der Waals surface area (Å²) >= 11 is 1.02. The molecule has 2 aromatic carbocycles. The van der Waals surface area contributed by atoms with Gasteiger partial charge in [-0.25, -0.2) is 18.4 Å². The van der Waals surface area contributed by atoms with Crippen molar-refractivity contribution in [2.24, 2.45) is 0 Å². The molecule has 1 aliphatic heterocycles. The maximum absolute atomic E-state index is 13.1. The standard InChI is InChI=1S/C26H23F2NO4S/c1-32-25(30)19-9-7-18(8-10-19)22-13-20(21-14-23(24(27)28)34-16-21)11-12-29(22)26(31)33-15-17-5-3-2-4-6-17/h2-10,13-14,16,22,24H,11-12,15H2,1H3/t22-/m0/s1. The zero-order valence-electron chi connectivity index (χ0n) is 18.4. The van der Waals surface area contributed by atoms with E-state index in [1.165, 1.54) is 13.2 Å². The number of esters is 1. The van der Waals surface area contributed by atoms with E-state index in [4.69, 9.17) is 9.47 Å². The van der Waals surface area contributed by atoms with E-state index < -0.39 is 24.5 Å². The molecular weight excluding hydrogens is 460 g/mol. The predicted octanol–water partition coefficient (Wildman–Crippen LogP) is 6.64. The number of methoxy groups -OCH3 is 1. The van der Waals surface area contributed by atoms with E-state index in [9.17, 15) is 18.4 Å². The van der Waals surface area contributed by atoms with Crippen molar-refractivity contribution in [2.75, 3.05) is 13.7 Å². The van der Waals surface area contributed by atoms with Crippen LogP contribution in [-0.4, -0.2) is 30.6 Å². The quantitative estimate of drug-likeness (QED) is 0.369. The fourth-order valence-electron chi connectivity index (χ4n) is 3.84. The average molecular weight is 484 g/mol. The molecular formula is C26H23F2NO4S. The lowest BCUT2D eigenvalue weighted by molar-refractivity contribution is 0.0600. The number of rotatable bonds is 6. The summed E-state index contributed by atoms with van der Waals surface area (Å²) in [7, 11) is 1.31. The molecule has 0 saturated heterocycles. The van der Waals surface area contributed by atoms with Gasteiger partial charge in [-0.2, -0.15) is 0 Å². The van der Waals surface area contributed by atoms with Gasteiger partial charge in [0.2, 0.25) is 0 Å². The lowest BCUT2D eigenvalue weighted by Crippen LogP contribution is -2.37. The highest BCUT2D eigenvalue weighted by molar-refractivity contribution is 7.10. The fourth-order valence-corrected chi connectivity index (χ4v) is 4.62. The third-order valence-electron chi connectivity index (χ3n) is 5.64. The van der Waals surface area contributed by atoms with Gasteiger partial charge in [0, 0.05) is 6.54 Å². The van der Waals surface area contributed by atoms with E-state index in [1.54, 1.807) is 34.5 Å². The molecule has 2 heterocycles. The van der Waals surface area contributed by atoms with Crippen LogP contribution in [0.15, 0.2) is 72.1 Å². The smallest absolute Gasteiger partial charge is 0.410 e. The van der Waals surface area contributed by atoms with Crippen LogP contribution in [0.25, 0.3) is 5.57 Å². The van der Waals surface area contributed by atoms with E-state index >= 15 is 0 Å². The first kappa shape index (κ1) is 23.6. The zero-order chi connectivity index (χ0) is 24.1. The minimum atomic E-state index is -2.52. The van der Waals surface area contributed by atoms with Crippen molar-refractivity contribution in [3.63, 3.8) is 0 Å². The molecule has 5 nitrogen and oxygen atoms in total. The number of alkyl halides is 2. The molecule has 3 aromatic rings. The molecule has 8 heteroatoms. The van der Waals surface area contributed by atoms with Crippen LogP contribution < -0.4 is 0 Å². The Labute approximate surface area is 200 Å². The van der Waals surface area contributed by atoms with Crippen LogP contribution in [0.3, 0.4) is 0 Å². The molecule has 0 aliphatic carbocycles. The second-order valence-corrected chi connectivity index (χ2v) is 8.72. The molecule has 0 bridgehead atoms. The van der Waals surface area contributed by atoms with Crippen LogP contribution in [0.1, 0.15) is 50.8 Å². The zero-order valence-corrected chi connectivity index (χ0v) is 19.3. The van der Waals surface area contributed by atoms with E-state index in [0.717, 1.165) is 33.6 Å². The second kappa shape index (κ2) is 10.6. The van der Waals surface area contributed by atoms with Gasteiger partial charge in [-0.3, -0.25) is 4.90 Å². The monoisotopic (exact) mass is 483 g/mol. The van der Waals surface area contributed by atoms with Gasteiger partial charge < -0.3 is 9.47 Å². The first-order valence-corrected chi connectivity index (χ1v) is 11.6. The highest BCUT2D eigenvalue weighted by Crippen LogP contribution is 2.37. The Morgan fingerprint density at radius 1 is 1.12 bits per heavy atom. The van der Waals surface area contributed by atoms with E-state index in [1.807, 2.05) is 36.4 Å². The molecule has 0 radical (unpaired) electrons. The number of hydrogen-bond donors (Lipinski definition) is 0. The number of benzene rings is 2. The normalized spacial score (nSPS) is 15.7. The Bertz CT molecular complexity index is 1180. The summed E-state index contributed by atoms with van der Waals surface area (Å²) in [6.45, 7) is 0.506. The average Bonchev–Trinajstić information content (AvgIpc) is 3.38. The Balaban J connectivity index is 1.61. The van der Waals surface area contributed by atoms with Crippen LogP contribution in [0.5, 0.6) is 0 Å². The van der Waals surface area contributed by atoms with Gasteiger partial charge in [-0.15, -0.1) is 11.3 Å². The number of halogens is 2. The van der Waals surface area contributed by atoms with Crippen molar-refractivity contribution in [2.45, 2.75) is 25.5 Å². The van der Waals surface area contributed by atoms with Crippen LogP contribution >= 0.6 is 11.3 Å². The largest absolute Gasteiger partial charge is 0.465 e. The third-order valence-corrected chi connectivity index (χ3v) is 6.58. The van der Waals surface area contributed by atoms with Gasteiger partial charge in [-0.1, -0.05) is 48.5 Å². The summed E-state index contributed by atoms with van der Waals surface area (Å²) in [5, 5.41) is 1.72. The van der Waals surface area contributed by atoms with Gasteiger partial charge in [-0.05, 0) is 52.3 Å². The van der Waals surface area contributed by atoms with Crippen molar-refractivity contribution in [3.8, 4) is 0 Å². The maximum atomic E-state index is 13.1. The molecule has 1 aromatic heterocycles. The molecule has 0 N–H and O–H groups in total. The highest BCUT2D eigenvalue weighted by Gasteiger charge is 2.30. The van der Waals surface area contributed by atoms with Crippen molar-refractivity contribution in [1.29, 1.82) is 0 Å². The lowest BCUT2D eigenvalue weighted by atomic mass is 9.93. The topological polar surface area (TPSA) is 55.8 Å². The van der Waals surface area contributed by atoms with E-state index in [2.05, 4.69) is 0 Å². The van der Waals surface area contributed by atoms with Crippen molar-refractivity contribution < 1.29 is 27.8 Å². The van der Waals surface area contributed by atoms with Crippen LogP contribution in [0.2, 0.25) is 0 Å². The van der Waals surface area contributed by atoms with Gasteiger partial charge in [0.05, 0.1) is 23.6 Å². The number of carbonyl (C=O) groups is 2. The predicted molar refractivity (Wildman–Crippen MR) is 126 cm³/mol. The van der Waals surface area contributed by atoms with Crippen LogP contribution in [0, 0.1) is 0 Å². The molecule has 0 saturated carbocycles. The SMILES string of the molecule is COC(=O)c1ccc([C@@H]2C=C(c3csc(C(F)F)c3)CCN2C(=O)OCc2ccccc2)cc1. The molecule has 0 fully saturated rings. The summed E-state index contributed by atoms with van der Waals surface area (Å²) < 4.78 is 36.5. The molecule has 0 spiro atoms. The number of nitrogens with zero attached hydrogens (tertiary/aromatic N) is 1. The van der Waals surface area contributed by atoms with Gasteiger partial charge in [0.25, 0.3) is 6.43 Å². The number of carbonyl (C=O) groups excluding carboxylic acids is 2. The van der Waals surface area contributed by atoms with Crippen LogP contribution in [-0.2, 0) is 16.1 Å².